The predicted octanol–water partition coefficient (Wildman–Crippen LogP) is 1.70. The highest BCUT2D eigenvalue weighted by molar-refractivity contribution is 5.68. The highest BCUT2D eigenvalue weighted by Gasteiger charge is 2.14. The van der Waals surface area contributed by atoms with Gasteiger partial charge in [-0.25, -0.2) is 4.79 Å². The van der Waals surface area contributed by atoms with Crippen molar-refractivity contribution in [3.8, 4) is 0 Å². The molecule has 1 aromatic rings. The fourth-order valence-corrected chi connectivity index (χ4v) is 1.32. The van der Waals surface area contributed by atoms with Gasteiger partial charge in [0, 0.05) is 4.92 Å². The molecule has 0 spiro atoms. The van der Waals surface area contributed by atoms with Crippen LogP contribution >= 0.6 is 0 Å². The molecular weight excluding hydrogens is 236 g/mol. The summed E-state index contributed by atoms with van der Waals surface area (Å²) in [4.78, 5) is 21.0. The number of hydrogen-bond acceptors (Lipinski definition) is 4. The van der Waals surface area contributed by atoms with E-state index in [9.17, 15) is 14.9 Å². The number of carbonyl (C=O) groups is 1. The zero-order valence-electron chi connectivity index (χ0n) is 9.91. The van der Waals surface area contributed by atoms with Crippen LogP contribution in [0.25, 0.3) is 6.08 Å². The summed E-state index contributed by atoms with van der Waals surface area (Å²) in [5.74, 6) is 0. The Kier molecular flexibility index (Phi) is 5.37. The van der Waals surface area contributed by atoms with Crippen LogP contribution in [0.5, 0.6) is 0 Å². The molecule has 96 valence electrons. The van der Waals surface area contributed by atoms with Gasteiger partial charge in [-0.3, -0.25) is 10.1 Å². The Balaban J connectivity index is 2.68. The summed E-state index contributed by atoms with van der Waals surface area (Å²) >= 11 is 0. The third-order valence-electron chi connectivity index (χ3n) is 2.15. The second kappa shape index (κ2) is 7.05. The molecule has 0 aliphatic carbocycles. The van der Waals surface area contributed by atoms with Gasteiger partial charge in [0.1, 0.15) is 6.04 Å². The van der Waals surface area contributed by atoms with Crippen molar-refractivity contribution in [2.24, 2.45) is 0 Å². The normalized spacial score (nSPS) is 12.1. The van der Waals surface area contributed by atoms with Gasteiger partial charge in [0.25, 0.3) is 0 Å². The molecule has 1 amide bonds. The molecule has 0 aliphatic rings. The summed E-state index contributed by atoms with van der Waals surface area (Å²) in [5.41, 5.74) is 0.900. The molecule has 0 aliphatic heterocycles. The molecule has 0 heterocycles. The first-order chi connectivity index (χ1) is 8.61. The van der Waals surface area contributed by atoms with E-state index in [1.165, 1.54) is 7.11 Å². The maximum atomic E-state index is 11.0. The standard InChI is InChI=1S/C12H14N2O4/c1-18-12(15)13-11(9-14(16)17)8-7-10-5-3-2-4-6-10/h2-8,11H,9H2,1H3,(H,13,15)/b8-7+/t11-/m1/s1. The van der Waals surface area contributed by atoms with Crippen molar-refractivity contribution in [3.05, 3.63) is 52.1 Å². The molecule has 6 nitrogen and oxygen atoms in total. The number of nitrogens with zero attached hydrogens (tertiary/aromatic N) is 1. The number of methoxy groups -OCH3 is 1. The first kappa shape index (κ1) is 13.7. The maximum Gasteiger partial charge on any atom is 0.407 e. The van der Waals surface area contributed by atoms with Gasteiger partial charge in [0.2, 0.25) is 6.54 Å². The number of nitro groups is 1. The predicted molar refractivity (Wildman–Crippen MR) is 66.7 cm³/mol. The van der Waals surface area contributed by atoms with Crippen LogP contribution in [0.4, 0.5) is 4.79 Å². The Morgan fingerprint density at radius 1 is 1.50 bits per heavy atom. The van der Waals surface area contributed by atoms with Crippen molar-refractivity contribution in [2.45, 2.75) is 6.04 Å². The van der Waals surface area contributed by atoms with E-state index >= 15 is 0 Å². The summed E-state index contributed by atoms with van der Waals surface area (Å²) in [6.45, 7) is -0.390. The molecule has 0 radical (unpaired) electrons. The minimum atomic E-state index is -0.701. The Labute approximate surface area is 104 Å². The molecule has 0 unspecified atom stereocenters. The molecular formula is C12H14N2O4. The number of ether oxygens (including phenoxy) is 1. The quantitative estimate of drug-likeness (QED) is 0.637. The number of alkyl carbamates (subject to hydrolysis) is 1. The average Bonchev–Trinajstić information content (AvgIpc) is 2.36. The van der Waals surface area contributed by atoms with E-state index in [-0.39, 0.29) is 0 Å². The molecule has 0 saturated heterocycles. The highest BCUT2D eigenvalue weighted by Crippen LogP contribution is 2.02. The zero-order chi connectivity index (χ0) is 13.4. The summed E-state index contributed by atoms with van der Waals surface area (Å²) in [6, 6.07) is 8.60. The summed E-state index contributed by atoms with van der Waals surface area (Å²) in [5, 5.41) is 12.8. The Morgan fingerprint density at radius 3 is 2.72 bits per heavy atom. The van der Waals surface area contributed by atoms with Crippen LogP contribution in [0.3, 0.4) is 0 Å². The van der Waals surface area contributed by atoms with Gasteiger partial charge in [-0.2, -0.15) is 0 Å². The minimum absolute atomic E-state index is 0.390. The van der Waals surface area contributed by atoms with E-state index in [0.717, 1.165) is 5.56 Å². The van der Waals surface area contributed by atoms with Crippen LogP contribution in [0, 0.1) is 10.1 Å². The number of hydrogen-bond donors (Lipinski definition) is 1. The molecule has 6 heteroatoms. The molecule has 0 bridgehead atoms. The van der Waals surface area contributed by atoms with Crippen LogP contribution in [0.15, 0.2) is 36.4 Å². The lowest BCUT2D eigenvalue weighted by molar-refractivity contribution is -0.481. The van der Waals surface area contributed by atoms with E-state index in [1.807, 2.05) is 30.3 Å². The number of nitrogens with one attached hydrogen (secondary N) is 1. The third-order valence-corrected chi connectivity index (χ3v) is 2.15. The Morgan fingerprint density at radius 2 is 2.17 bits per heavy atom. The number of amides is 1. The van der Waals surface area contributed by atoms with E-state index in [1.54, 1.807) is 12.2 Å². The molecule has 1 atom stereocenters. The SMILES string of the molecule is COC(=O)N[C@H](/C=C/c1ccccc1)C[N+](=O)[O-]. The van der Waals surface area contributed by atoms with E-state index in [4.69, 9.17) is 0 Å². The first-order valence-corrected chi connectivity index (χ1v) is 5.31. The minimum Gasteiger partial charge on any atom is -0.453 e. The molecule has 1 aromatic carbocycles. The highest BCUT2D eigenvalue weighted by atomic mass is 16.6. The number of rotatable bonds is 5. The Bertz CT molecular complexity index is 431. The van der Waals surface area contributed by atoms with E-state index < -0.39 is 23.6 Å². The fourth-order valence-electron chi connectivity index (χ4n) is 1.32. The third kappa shape index (κ3) is 5.11. The second-order valence-corrected chi connectivity index (χ2v) is 3.53. The lowest BCUT2D eigenvalue weighted by Gasteiger charge is -2.09. The molecule has 18 heavy (non-hydrogen) atoms. The van der Waals surface area contributed by atoms with E-state index in [2.05, 4.69) is 10.1 Å². The number of carbonyl (C=O) groups excluding carboxylic acids is 1. The lowest BCUT2D eigenvalue weighted by Crippen LogP contribution is -2.38. The van der Waals surface area contributed by atoms with E-state index in [0.29, 0.717) is 0 Å². The van der Waals surface area contributed by atoms with Crippen molar-refractivity contribution < 1.29 is 14.5 Å². The molecule has 0 fully saturated rings. The fraction of sp³-hybridized carbons (Fsp3) is 0.250. The second-order valence-electron chi connectivity index (χ2n) is 3.53. The number of benzene rings is 1. The zero-order valence-corrected chi connectivity index (χ0v) is 9.91. The topological polar surface area (TPSA) is 81.5 Å². The summed E-state index contributed by atoms with van der Waals surface area (Å²) in [7, 11) is 1.21. The van der Waals surface area contributed by atoms with Gasteiger partial charge in [-0.15, -0.1) is 0 Å². The van der Waals surface area contributed by atoms with Crippen LogP contribution < -0.4 is 5.32 Å². The first-order valence-electron chi connectivity index (χ1n) is 5.31. The van der Waals surface area contributed by atoms with Crippen molar-refractivity contribution in [1.29, 1.82) is 0 Å². The lowest BCUT2D eigenvalue weighted by atomic mass is 10.2. The van der Waals surface area contributed by atoms with Gasteiger partial charge < -0.3 is 10.1 Å². The molecule has 0 saturated carbocycles. The monoisotopic (exact) mass is 250 g/mol. The van der Waals surface area contributed by atoms with Crippen molar-refractivity contribution in [2.75, 3.05) is 13.7 Å². The van der Waals surface area contributed by atoms with Gasteiger partial charge in [-0.1, -0.05) is 42.5 Å². The van der Waals surface area contributed by atoms with Crippen LogP contribution in [0.1, 0.15) is 5.56 Å². The molecule has 1 N–H and O–H groups in total. The van der Waals surface area contributed by atoms with Gasteiger partial charge >= 0.3 is 6.09 Å². The summed E-state index contributed by atoms with van der Waals surface area (Å²) in [6.07, 6.45) is 2.58. The van der Waals surface area contributed by atoms with Crippen molar-refractivity contribution in [3.63, 3.8) is 0 Å². The van der Waals surface area contributed by atoms with Crippen LogP contribution in [-0.2, 0) is 4.74 Å². The Hall–Kier alpha value is -2.37. The average molecular weight is 250 g/mol. The smallest absolute Gasteiger partial charge is 0.407 e. The van der Waals surface area contributed by atoms with Crippen LogP contribution in [0.2, 0.25) is 0 Å². The molecule has 1 rings (SSSR count). The van der Waals surface area contributed by atoms with Crippen LogP contribution in [-0.4, -0.2) is 30.7 Å². The largest absolute Gasteiger partial charge is 0.453 e. The van der Waals surface area contributed by atoms with Gasteiger partial charge in [-0.05, 0) is 5.56 Å². The van der Waals surface area contributed by atoms with Crippen molar-refractivity contribution in [1.82, 2.24) is 5.32 Å². The van der Waals surface area contributed by atoms with Gasteiger partial charge in [0.05, 0.1) is 7.11 Å². The molecule has 0 aromatic heterocycles. The maximum absolute atomic E-state index is 11.0. The van der Waals surface area contributed by atoms with Gasteiger partial charge in [0.15, 0.2) is 0 Å². The summed E-state index contributed by atoms with van der Waals surface area (Å²) < 4.78 is 4.41. The van der Waals surface area contributed by atoms with Crippen molar-refractivity contribution >= 4 is 12.2 Å².